The molecular formula is C13H24N2O2. The van der Waals surface area contributed by atoms with Crippen molar-refractivity contribution >= 4 is 11.8 Å². The van der Waals surface area contributed by atoms with Gasteiger partial charge in [-0.3, -0.25) is 9.59 Å². The molecule has 1 aliphatic rings. The van der Waals surface area contributed by atoms with Crippen LogP contribution in [0, 0.1) is 5.92 Å². The molecule has 1 N–H and O–H groups in total. The van der Waals surface area contributed by atoms with Gasteiger partial charge in [-0.25, -0.2) is 0 Å². The summed E-state index contributed by atoms with van der Waals surface area (Å²) in [6, 6.07) is -0.379. The number of nitrogens with one attached hydrogen (secondary N) is 1. The fourth-order valence-corrected chi connectivity index (χ4v) is 2.30. The highest BCUT2D eigenvalue weighted by Crippen LogP contribution is 2.29. The average Bonchev–Trinajstić information content (AvgIpc) is 2.07. The molecule has 0 spiro atoms. The van der Waals surface area contributed by atoms with Crippen LogP contribution in [-0.4, -0.2) is 33.8 Å². The molecular weight excluding hydrogens is 216 g/mol. The Bertz CT molecular complexity index is 340. The third-order valence-electron chi connectivity index (χ3n) is 3.09. The normalized spacial score (nSPS) is 25.2. The number of hydrogen-bond acceptors (Lipinski definition) is 2. The van der Waals surface area contributed by atoms with Crippen molar-refractivity contribution in [3.05, 3.63) is 0 Å². The summed E-state index contributed by atoms with van der Waals surface area (Å²) in [6.07, 6.45) is 0. The number of carbonyl (C=O) groups is 2. The minimum absolute atomic E-state index is 0.0108. The predicted molar refractivity (Wildman–Crippen MR) is 67.4 cm³/mol. The van der Waals surface area contributed by atoms with Crippen LogP contribution in [0.5, 0.6) is 0 Å². The Kier molecular flexibility index (Phi) is 3.29. The number of rotatable bonds is 1. The smallest absolute Gasteiger partial charge is 0.248 e. The first-order chi connectivity index (χ1) is 7.48. The highest BCUT2D eigenvalue weighted by Gasteiger charge is 2.49. The van der Waals surface area contributed by atoms with Crippen LogP contribution in [0.25, 0.3) is 0 Å². The fraction of sp³-hybridized carbons (Fsp3) is 0.846. The van der Waals surface area contributed by atoms with E-state index in [1.807, 2.05) is 34.6 Å². The summed E-state index contributed by atoms with van der Waals surface area (Å²) >= 11 is 0. The average molecular weight is 240 g/mol. The summed E-state index contributed by atoms with van der Waals surface area (Å²) in [5, 5.41) is 2.81. The summed E-state index contributed by atoms with van der Waals surface area (Å²) in [6.45, 7) is 13.3. The second-order valence-electron chi connectivity index (χ2n) is 6.65. The van der Waals surface area contributed by atoms with E-state index in [4.69, 9.17) is 0 Å². The molecule has 0 saturated carbocycles. The van der Waals surface area contributed by atoms with E-state index < -0.39 is 5.54 Å². The van der Waals surface area contributed by atoms with Gasteiger partial charge in [-0.1, -0.05) is 13.8 Å². The van der Waals surface area contributed by atoms with Crippen LogP contribution in [0.1, 0.15) is 48.5 Å². The van der Waals surface area contributed by atoms with Gasteiger partial charge in [0.1, 0.15) is 11.6 Å². The molecule has 1 atom stereocenters. The van der Waals surface area contributed by atoms with Gasteiger partial charge in [0.25, 0.3) is 0 Å². The molecule has 0 aliphatic carbocycles. The van der Waals surface area contributed by atoms with Gasteiger partial charge in [0.05, 0.1) is 0 Å². The van der Waals surface area contributed by atoms with Crippen LogP contribution in [-0.2, 0) is 9.59 Å². The molecule has 1 fully saturated rings. The Morgan fingerprint density at radius 2 is 1.71 bits per heavy atom. The van der Waals surface area contributed by atoms with Crippen molar-refractivity contribution in [1.82, 2.24) is 10.2 Å². The van der Waals surface area contributed by atoms with Crippen molar-refractivity contribution < 1.29 is 9.59 Å². The molecule has 0 aromatic rings. The molecule has 1 saturated heterocycles. The van der Waals surface area contributed by atoms with Crippen LogP contribution < -0.4 is 5.32 Å². The number of piperazine rings is 1. The van der Waals surface area contributed by atoms with E-state index in [0.717, 1.165) is 0 Å². The monoisotopic (exact) mass is 240 g/mol. The lowest BCUT2D eigenvalue weighted by Gasteiger charge is -2.50. The maximum absolute atomic E-state index is 12.5. The van der Waals surface area contributed by atoms with Crippen molar-refractivity contribution in [3.63, 3.8) is 0 Å². The summed E-state index contributed by atoms with van der Waals surface area (Å²) < 4.78 is 0. The summed E-state index contributed by atoms with van der Waals surface area (Å²) in [5.74, 6) is 0.0390. The van der Waals surface area contributed by atoms with Gasteiger partial charge in [-0.15, -0.1) is 0 Å². The van der Waals surface area contributed by atoms with Crippen molar-refractivity contribution in [2.75, 3.05) is 0 Å². The molecule has 4 heteroatoms. The maximum atomic E-state index is 12.5. The quantitative estimate of drug-likeness (QED) is 0.756. The summed E-state index contributed by atoms with van der Waals surface area (Å²) in [5.41, 5.74) is -1.16. The molecule has 1 heterocycles. The maximum Gasteiger partial charge on any atom is 0.248 e. The summed E-state index contributed by atoms with van der Waals surface area (Å²) in [4.78, 5) is 26.3. The van der Waals surface area contributed by atoms with Crippen LogP contribution in [0.3, 0.4) is 0 Å². The van der Waals surface area contributed by atoms with Gasteiger partial charge >= 0.3 is 0 Å². The third-order valence-corrected chi connectivity index (χ3v) is 3.09. The fourth-order valence-electron chi connectivity index (χ4n) is 2.30. The second-order valence-corrected chi connectivity index (χ2v) is 6.65. The lowest BCUT2D eigenvalue weighted by atomic mass is 9.87. The van der Waals surface area contributed by atoms with E-state index in [9.17, 15) is 9.59 Å². The van der Waals surface area contributed by atoms with Crippen molar-refractivity contribution in [3.8, 4) is 0 Å². The van der Waals surface area contributed by atoms with Gasteiger partial charge in [0.15, 0.2) is 0 Å². The van der Waals surface area contributed by atoms with E-state index >= 15 is 0 Å². The number of amides is 2. The minimum atomic E-state index is -0.810. The molecule has 0 aromatic heterocycles. The van der Waals surface area contributed by atoms with Gasteiger partial charge in [-0.2, -0.15) is 0 Å². The van der Waals surface area contributed by atoms with Crippen molar-refractivity contribution in [1.29, 1.82) is 0 Å². The zero-order chi connectivity index (χ0) is 13.6. The van der Waals surface area contributed by atoms with Crippen LogP contribution in [0.4, 0.5) is 0 Å². The highest BCUT2D eigenvalue weighted by molar-refractivity contribution is 5.99. The van der Waals surface area contributed by atoms with Crippen molar-refractivity contribution in [2.24, 2.45) is 5.92 Å². The molecule has 1 rings (SSSR count). The third kappa shape index (κ3) is 2.45. The lowest BCUT2D eigenvalue weighted by molar-refractivity contribution is -0.161. The van der Waals surface area contributed by atoms with E-state index in [2.05, 4.69) is 5.32 Å². The Balaban J connectivity index is 3.24. The molecule has 17 heavy (non-hydrogen) atoms. The van der Waals surface area contributed by atoms with Gasteiger partial charge in [0, 0.05) is 5.54 Å². The zero-order valence-electron chi connectivity index (χ0n) is 11.9. The first-order valence-electron chi connectivity index (χ1n) is 6.14. The molecule has 4 nitrogen and oxygen atoms in total. The molecule has 2 amide bonds. The minimum Gasteiger partial charge on any atom is -0.340 e. The molecule has 1 unspecified atom stereocenters. The van der Waals surface area contributed by atoms with Crippen LogP contribution in [0.15, 0.2) is 0 Å². The highest BCUT2D eigenvalue weighted by atomic mass is 16.2. The SMILES string of the molecule is CC(C)C1C(=O)NC(C)(C)C(=O)N1C(C)(C)C. The first kappa shape index (κ1) is 14.0. The lowest BCUT2D eigenvalue weighted by Crippen LogP contribution is -2.72. The Hall–Kier alpha value is -1.06. The van der Waals surface area contributed by atoms with Gasteiger partial charge < -0.3 is 10.2 Å². The molecule has 98 valence electrons. The Labute approximate surface area is 104 Å². The van der Waals surface area contributed by atoms with Crippen LogP contribution >= 0.6 is 0 Å². The van der Waals surface area contributed by atoms with Crippen molar-refractivity contribution in [2.45, 2.75) is 65.6 Å². The van der Waals surface area contributed by atoms with Gasteiger partial charge in [-0.05, 0) is 40.5 Å². The van der Waals surface area contributed by atoms with Crippen LogP contribution in [0.2, 0.25) is 0 Å². The molecule has 0 aromatic carbocycles. The van der Waals surface area contributed by atoms with E-state index in [1.54, 1.807) is 18.7 Å². The molecule has 0 bridgehead atoms. The number of carbonyl (C=O) groups excluding carboxylic acids is 2. The molecule has 1 aliphatic heterocycles. The summed E-state index contributed by atoms with van der Waals surface area (Å²) in [7, 11) is 0. The Morgan fingerprint density at radius 3 is 2.06 bits per heavy atom. The standard InChI is InChI=1S/C13H24N2O2/c1-8(2)9-10(16)14-13(6,7)11(17)15(9)12(3,4)5/h8-9H,1-7H3,(H,14,16). The second kappa shape index (κ2) is 4.00. The largest absolute Gasteiger partial charge is 0.340 e. The predicted octanol–water partition coefficient (Wildman–Crippen LogP) is 1.55. The molecule has 0 radical (unpaired) electrons. The van der Waals surface area contributed by atoms with Gasteiger partial charge in [0.2, 0.25) is 11.8 Å². The zero-order valence-corrected chi connectivity index (χ0v) is 11.9. The Morgan fingerprint density at radius 1 is 1.24 bits per heavy atom. The number of hydrogen-bond donors (Lipinski definition) is 1. The topological polar surface area (TPSA) is 49.4 Å². The van der Waals surface area contributed by atoms with E-state index in [-0.39, 0.29) is 29.3 Å². The number of nitrogens with zero attached hydrogens (tertiary/aromatic N) is 1. The van der Waals surface area contributed by atoms with E-state index in [0.29, 0.717) is 0 Å². The first-order valence-corrected chi connectivity index (χ1v) is 6.14. The van der Waals surface area contributed by atoms with E-state index in [1.165, 1.54) is 0 Å².